The molecule has 3 aromatic rings. The Kier molecular flexibility index (Phi) is 4.67. The Morgan fingerprint density at radius 2 is 1.54 bits per heavy atom. The Bertz CT molecular complexity index is 925. The van der Waals surface area contributed by atoms with Crippen LogP contribution in [-0.4, -0.2) is 14.8 Å². The monoisotopic (exact) mass is 364 g/mol. The average Bonchev–Trinajstić information content (AvgIpc) is 2.95. The van der Waals surface area contributed by atoms with E-state index in [1.807, 2.05) is 19.9 Å². The van der Waals surface area contributed by atoms with E-state index in [9.17, 15) is 17.6 Å². The topological polar surface area (TPSA) is 42.7 Å². The van der Waals surface area contributed by atoms with Crippen molar-refractivity contribution in [2.45, 2.75) is 26.8 Å². The number of benzene rings is 1. The first-order valence-corrected chi connectivity index (χ1v) is 7.88. The summed E-state index contributed by atoms with van der Waals surface area (Å²) in [5.74, 6) is -6.51. The minimum absolute atomic E-state index is 0.602. The minimum atomic E-state index is -1.70. The zero-order valence-electron chi connectivity index (χ0n) is 14.3. The fourth-order valence-corrected chi connectivity index (χ4v) is 2.71. The quantitative estimate of drug-likeness (QED) is 0.543. The molecule has 1 atom stereocenters. The average molecular weight is 364 g/mol. The molecular weight excluding hydrogens is 348 g/mol. The van der Waals surface area contributed by atoms with E-state index in [1.165, 1.54) is 0 Å². The number of rotatable bonds is 4. The number of aryl methyl sites for hydroxylation is 2. The summed E-state index contributed by atoms with van der Waals surface area (Å²) in [5, 5.41) is 6.84. The van der Waals surface area contributed by atoms with Gasteiger partial charge in [-0.1, -0.05) is 12.1 Å². The van der Waals surface area contributed by atoms with Gasteiger partial charge in [0.25, 0.3) is 11.9 Å². The van der Waals surface area contributed by atoms with E-state index in [-0.39, 0.29) is 0 Å². The van der Waals surface area contributed by atoms with Crippen LogP contribution in [0.4, 0.5) is 23.2 Å². The molecule has 0 bridgehead atoms. The second-order valence-electron chi connectivity index (χ2n) is 5.99. The Morgan fingerprint density at radius 1 is 0.962 bits per heavy atom. The Hall–Kier alpha value is -2.90. The van der Waals surface area contributed by atoms with Crippen LogP contribution in [0.1, 0.15) is 29.9 Å². The summed E-state index contributed by atoms with van der Waals surface area (Å²) < 4.78 is 55.7. The van der Waals surface area contributed by atoms with Gasteiger partial charge >= 0.3 is 0 Å². The van der Waals surface area contributed by atoms with Crippen LogP contribution < -0.4 is 5.32 Å². The first-order valence-electron chi connectivity index (χ1n) is 7.88. The van der Waals surface area contributed by atoms with Gasteiger partial charge in [-0.05, 0) is 44.5 Å². The fourth-order valence-electron chi connectivity index (χ4n) is 2.71. The second-order valence-corrected chi connectivity index (χ2v) is 5.99. The molecule has 0 aliphatic carbocycles. The lowest BCUT2D eigenvalue weighted by Gasteiger charge is -2.17. The van der Waals surface area contributed by atoms with E-state index in [0.29, 0.717) is 5.56 Å². The molecule has 0 spiro atoms. The predicted molar refractivity (Wildman–Crippen MR) is 89.1 cm³/mol. The molecule has 1 N–H and O–H groups in total. The van der Waals surface area contributed by atoms with Gasteiger partial charge in [0.15, 0.2) is 0 Å². The van der Waals surface area contributed by atoms with Crippen molar-refractivity contribution in [2.24, 2.45) is 0 Å². The molecule has 1 unspecified atom stereocenters. The van der Waals surface area contributed by atoms with E-state index in [2.05, 4.69) is 15.4 Å². The van der Waals surface area contributed by atoms with Gasteiger partial charge in [0, 0.05) is 11.7 Å². The number of nitrogens with one attached hydrogen (secondary N) is 1. The summed E-state index contributed by atoms with van der Waals surface area (Å²) in [4.78, 5) is 2.54. The number of nitrogens with zero attached hydrogens (tertiary/aromatic N) is 3. The summed E-state index contributed by atoms with van der Waals surface area (Å²) >= 11 is 0. The highest BCUT2D eigenvalue weighted by Crippen LogP contribution is 2.27. The number of aromatic nitrogens is 3. The molecule has 8 heteroatoms. The molecule has 0 amide bonds. The van der Waals surface area contributed by atoms with Crippen molar-refractivity contribution >= 4 is 5.69 Å². The van der Waals surface area contributed by atoms with Crippen molar-refractivity contribution in [1.29, 1.82) is 0 Å². The van der Waals surface area contributed by atoms with E-state index in [0.717, 1.165) is 17.1 Å². The molecule has 26 heavy (non-hydrogen) atoms. The molecule has 2 aromatic heterocycles. The smallest absolute Gasteiger partial charge is 0.253 e. The number of pyridine rings is 1. The Morgan fingerprint density at radius 3 is 2.04 bits per heavy atom. The molecule has 0 saturated carbocycles. The molecule has 4 nitrogen and oxygen atoms in total. The van der Waals surface area contributed by atoms with E-state index in [4.69, 9.17) is 0 Å². The zero-order chi connectivity index (χ0) is 19.0. The maximum absolute atomic E-state index is 13.7. The third-order valence-corrected chi connectivity index (χ3v) is 4.01. The van der Waals surface area contributed by atoms with E-state index < -0.39 is 35.3 Å². The van der Waals surface area contributed by atoms with Crippen LogP contribution in [0.5, 0.6) is 0 Å². The van der Waals surface area contributed by atoms with Crippen molar-refractivity contribution in [1.82, 2.24) is 14.8 Å². The molecule has 0 aliphatic heterocycles. The first-order chi connectivity index (χ1) is 12.3. The highest BCUT2D eigenvalue weighted by molar-refractivity contribution is 5.48. The lowest BCUT2D eigenvalue weighted by molar-refractivity contribution is 0.410. The van der Waals surface area contributed by atoms with Gasteiger partial charge in [0.1, 0.15) is 5.69 Å². The standard InChI is InChI=1S/C18H16F4N4/c1-9-8-10(2)26(25-9)13-6-4-12(5-7-13)11(3)23-16-14(19)17(21)24-18(22)15(16)20/h4-8,11H,1-3H3,(H,23,24). The number of halogens is 4. The maximum Gasteiger partial charge on any atom is 0.253 e. The molecule has 0 fully saturated rings. The third kappa shape index (κ3) is 3.26. The van der Waals surface area contributed by atoms with Gasteiger partial charge in [-0.3, -0.25) is 0 Å². The molecule has 136 valence electrons. The van der Waals surface area contributed by atoms with Crippen LogP contribution in [0.3, 0.4) is 0 Å². The van der Waals surface area contributed by atoms with Crippen molar-refractivity contribution in [3.8, 4) is 5.69 Å². The molecule has 2 heterocycles. The molecule has 1 aromatic carbocycles. The number of anilines is 1. The zero-order valence-corrected chi connectivity index (χ0v) is 14.3. The molecule has 3 rings (SSSR count). The van der Waals surface area contributed by atoms with Crippen molar-refractivity contribution in [3.05, 3.63) is 70.8 Å². The van der Waals surface area contributed by atoms with Crippen LogP contribution in [-0.2, 0) is 0 Å². The minimum Gasteiger partial charge on any atom is -0.373 e. The normalized spacial score (nSPS) is 12.3. The molecule has 0 saturated heterocycles. The van der Waals surface area contributed by atoms with E-state index >= 15 is 0 Å². The first kappa shape index (κ1) is 17.9. The summed E-state index contributed by atoms with van der Waals surface area (Å²) in [5.41, 5.74) is 2.46. The van der Waals surface area contributed by atoms with E-state index in [1.54, 1.807) is 35.9 Å². The number of hydrogen-bond acceptors (Lipinski definition) is 3. The lowest BCUT2D eigenvalue weighted by Crippen LogP contribution is -2.13. The number of hydrogen-bond donors (Lipinski definition) is 1. The van der Waals surface area contributed by atoms with Crippen molar-refractivity contribution in [3.63, 3.8) is 0 Å². The third-order valence-electron chi connectivity index (χ3n) is 4.01. The van der Waals surface area contributed by atoms with Crippen molar-refractivity contribution in [2.75, 3.05) is 5.32 Å². The van der Waals surface area contributed by atoms with Crippen LogP contribution >= 0.6 is 0 Å². The molecular formula is C18H16F4N4. The lowest BCUT2D eigenvalue weighted by atomic mass is 10.1. The largest absolute Gasteiger partial charge is 0.373 e. The van der Waals surface area contributed by atoms with Crippen LogP contribution in [0, 0.1) is 37.4 Å². The van der Waals surface area contributed by atoms with Crippen LogP contribution in [0.25, 0.3) is 5.69 Å². The predicted octanol–water partition coefficient (Wildman–Crippen LogP) is 4.61. The highest BCUT2D eigenvalue weighted by Gasteiger charge is 2.22. The SMILES string of the molecule is Cc1cc(C)n(-c2ccc(C(C)Nc3c(F)c(F)nc(F)c3F)cc2)n1. The maximum atomic E-state index is 13.7. The van der Waals surface area contributed by atoms with Crippen LogP contribution in [0.2, 0.25) is 0 Å². The van der Waals surface area contributed by atoms with Crippen molar-refractivity contribution < 1.29 is 17.6 Å². The Balaban J connectivity index is 1.86. The van der Waals surface area contributed by atoms with Gasteiger partial charge < -0.3 is 5.32 Å². The summed E-state index contributed by atoms with van der Waals surface area (Å²) in [6.07, 6.45) is 0. The summed E-state index contributed by atoms with van der Waals surface area (Å²) in [7, 11) is 0. The van der Waals surface area contributed by atoms with Gasteiger partial charge in [0.2, 0.25) is 11.6 Å². The Labute approximate surface area is 147 Å². The summed E-state index contributed by atoms with van der Waals surface area (Å²) in [6.45, 7) is 5.43. The molecule has 0 aliphatic rings. The second kappa shape index (κ2) is 6.78. The summed E-state index contributed by atoms with van der Waals surface area (Å²) in [6, 6.07) is 8.42. The van der Waals surface area contributed by atoms with Crippen LogP contribution in [0.15, 0.2) is 30.3 Å². The molecule has 0 radical (unpaired) electrons. The van der Waals surface area contributed by atoms with Gasteiger partial charge in [0.05, 0.1) is 11.4 Å². The van der Waals surface area contributed by atoms with Gasteiger partial charge in [-0.15, -0.1) is 0 Å². The van der Waals surface area contributed by atoms with Gasteiger partial charge in [-0.2, -0.15) is 27.6 Å². The fraction of sp³-hybridized carbons (Fsp3) is 0.222. The van der Waals surface area contributed by atoms with Gasteiger partial charge in [-0.25, -0.2) is 4.68 Å². The highest BCUT2D eigenvalue weighted by atomic mass is 19.2.